The van der Waals surface area contributed by atoms with Gasteiger partial charge in [-0.15, -0.1) is 0 Å². The van der Waals surface area contributed by atoms with Crippen molar-refractivity contribution in [3.63, 3.8) is 0 Å². The number of carbonyl (C=O) groups excluding carboxylic acids is 1. The fourth-order valence-electron chi connectivity index (χ4n) is 2.19. The van der Waals surface area contributed by atoms with Crippen LogP contribution in [0, 0.1) is 5.82 Å². The molecule has 2 rings (SSSR count). The number of para-hydroxylation sites is 1. The van der Waals surface area contributed by atoms with Gasteiger partial charge in [0.1, 0.15) is 5.82 Å². The Morgan fingerprint density at radius 2 is 1.71 bits per heavy atom. The zero-order chi connectivity index (χ0) is 15.1. The Hall–Kier alpha value is -2.16. The molecular formula is C18H20FNO. The summed E-state index contributed by atoms with van der Waals surface area (Å²) in [7, 11) is 0. The second kappa shape index (κ2) is 7.58. The van der Waals surface area contributed by atoms with Gasteiger partial charge in [-0.3, -0.25) is 4.79 Å². The number of hydrogen-bond donors (Lipinski definition) is 0. The van der Waals surface area contributed by atoms with Crippen molar-refractivity contribution in [3.05, 3.63) is 66.0 Å². The lowest BCUT2D eigenvalue weighted by Gasteiger charge is -2.23. The summed E-state index contributed by atoms with van der Waals surface area (Å²) in [6, 6.07) is 15.8. The molecule has 0 saturated carbocycles. The lowest BCUT2D eigenvalue weighted by atomic mass is 10.1. The maximum atomic E-state index is 12.9. The van der Waals surface area contributed by atoms with Crippen molar-refractivity contribution < 1.29 is 9.18 Å². The average molecular weight is 285 g/mol. The minimum Gasteiger partial charge on any atom is -0.312 e. The van der Waals surface area contributed by atoms with E-state index in [1.54, 1.807) is 12.1 Å². The molecule has 0 aromatic heterocycles. The molecule has 2 aromatic carbocycles. The normalized spacial score (nSPS) is 10.4. The van der Waals surface area contributed by atoms with Crippen LogP contribution in [0.5, 0.6) is 0 Å². The van der Waals surface area contributed by atoms with E-state index in [1.807, 2.05) is 35.2 Å². The summed E-state index contributed by atoms with van der Waals surface area (Å²) in [5, 5.41) is 0. The van der Waals surface area contributed by atoms with E-state index in [9.17, 15) is 9.18 Å². The molecule has 0 aliphatic heterocycles. The topological polar surface area (TPSA) is 20.3 Å². The molecule has 0 heterocycles. The molecular weight excluding hydrogens is 265 g/mol. The van der Waals surface area contributed by atoms with E-state index in [0.717, 1.165) is 24.1 Å². The third kappa shape index (κ3) is 4.42. The van der Waals surface area contributed by atoms with E-state index < -0.39 is 0 Å². The summed E-state index contributed by atoms with van der Waals surface area (Å²) in [4.78, 5) is 14.3. The molecule has 0 unspecified atom stereocenters. The maximum absolute atomic E-state index is 12.9. The molecule has 0 aliphatic carbocycles. The Morgan fingerprint density at radius 1 is 1.05 bits per heavy atom. The minimum absolute atomic E-state index is 0.0428. The Kier molecular flexibility index (Phi) is 5.50. The van der Waals surface area contributed by atoms with Gasteiger partial charge in [0.05, 0.1) is 6.42 Å². The van der Waals surface area contributed by atoms with Gasteiger partial charge in [0.2, 0.25) is 5.91 Å². The molecule has 2 nitrogen and oxygen atoms in total. The standard InChI is InChI=1S/C18H20FNO/c1-2-3-13-20(17-7-5-4-6-8-17)18(21)14-15-9-11-16(19)12-10-15/h4-12H,2-3,13-14H2,1H3. The van der Waals surface area contributed by atoms with Crippen LogP contribution in [0.3, 0.4) is 0 Å². The third-order valence-electron chi connectivity index (χ3n) is 3.37. The SMILES string of the molecule is CCCCN(C(=O)Cc1ccc(F)cc1)c1ccccc1. The fourth-order valence-corrected chi connectivity index (χ4v) is 2.19. The Bertz CT molecular complexity index is 566. The number of amides is 1. The number of unbranched alkanes of at least 4 members (excludes halogenated alkanes) is 1. The summed E-state index contributed by atoms with van der Waals surface area (Å²) in [6.45, 7) is 2.81. The van der Waals surface area contributed by atoms with Crippen LogP contribution in [0.15, 0.2) is 54.6 Å². The molecule has 0 radical (unpaired) electrons. The predicted molar refractivity (Wildman–Crippen MR) is 83.8 cm³/mol. The molecule has 0 aliphatic rings. The number of anilines is 1. The highest BCUT2D eigenvalue weighted by atomic mass is 19.1. The number of rotatable bonds is 6. The van der Waals surface area contributed by atoms with Crippen molar-refractivity contribution in [2.45, 2.75) is 26.2 Å². The van der Waals surface area contributed by atoms with Gasteiger partial charge in [-0.2, -0.15) is 0 Å². The highest BCUT2D eigenvalue weighted by Gasteiger charge is 2.15. The second-order valence-electron chi connectivity index (χ2n) is 5.04. The van der Waals surface area contributed by atoms with Crippen molar-refractivity contribution in [1.82, 2.24) is 0 Å². The van der Waals surface area contributed by atoms with Crippen LogP contribution in [-0.2, 0) is 11.2 Å². The molecule has 0 bridgehead atoms. The quantitative estimate of drug-likeness (QED) is 0.779. The van der Waals surface area contributed by atoms with Crippen LogP contribution in [0.25, 0.3) is 0 Å². The predicted octanol–water partition coefficient (Wildman–Crippen LogP) is 4.20. The first kappa shape index (κ1) is 15.2. The highest BCUT2D eigenvalue weighted by molar-refractivity contribution is 5.94. The molecule has 110 valence electrons. The smallest absolute Gasteiger partial charge is 0.231 e. The highest BCUT2D eigenvalue weighted by Crippen LogP contribution is 2.16. The first-order valence-corrected chi connectivity index (χ1v) is 7.30. The monoisotopic (exact) mass is 285 g/mol. The number of halogens is 1. The molecule has 0 atom stereocenters. The van der Waals surface area contributed by atoms with Crippen molar-refractivity contribution in [3.8, 4) is 0 Å². The molecule has 3 heteroatoms. The van der Waals surface area contributed by atoms with Gasteiger partial charge in [0.15, 0.2) is 0 Å². The van der Waals surface area contributed by atoms with Gasteiger partial charge in [0, 0.05) is 12.2 Å². The maximum Gasteiger partial charge on any atom is 0.231 e. The van der Waals surface area contributed by atoms with E-state index in [-0.39, 0.29) is 11.7 Å². The molecule has 21 heavy (non-hydrogen) atoms. The van der Waals surface area contributed by atoms with Crippen molar-refractivity contribution in [2.24, 2.45) is 0 Å². The van der Waals surface area contributed by atoms with Crippen molar-refractivity contribution >= 4 is 11.6 Å². The summed E-state index contributed by atoms with van der Waals surface area (Å²) in [5.74, 6) is -0.238. The third-order valence-corrected chi connectivity index (χ3v) is 3.37. The lowest BCUT2D eigenvalue weighted by Crippen LogP contribution is -2.33. The van der Waals surface area contributed by atoms with Crippen LogP contribution >= 0.6 is 0 Å². The molecule has 0 N–H and O–H groups in total. The summed E-state index contributed by atoms with van der Waals surface area (Å²) in [5.41, 5.74) is 1.75. The van der Waals surface area contributed by atoms with E-state index in [0.29, 0.717) is 13.0 Å². The van der Waals surface area contributed by atoms with Gasteiger partial charge >= 0.3 is 0 Å². The van der Waals surface area contributed by atoms with Gasteiger partial charge in [-0.05, 0) is 36.2 Å². The molecule has 0 fully saturated rings. The van der Waals surface area contributed by atoms with Gasteiger partial charge in [-0.1, -0.05) is 43.7 Å². The van der Waals surface area contributed by atoms with Crippen LogP contribution in [0.2, 0.25) is 0 Å². The largest absolute Gasteiger partial charge is 0.312 e. The number of hydrogen-bond acceptors (Lipinski definition) is 1. The van der Waals surface area contributed by atoms with Gasteiger partial charge < -0.3 is 4.90 Å². The zero-order valence-corrected chi connectivity index (χ0v) is 12.3. The molecule has 0 spiro atoms. The van der Waals surface area contributed by atoms with E-state index in [2.05, 4.69) is 6.92 Å². The summed E-state index contributed by atoms with van der Waals surface area (Å²) < 4.78 is 12.9. The number of carbonyl (C=O) groups is 1. The summed E-state index contributed by atoms with van der Waals surface area (Å²) in [6.07, 6.45) is 2.29. The first-order valence-electron chi connectivity index (χ1n) is 7.30. The van der Waals surface area contributed by atoms with Crippen molar-refractivity contribution in [2.75, 3.05) is 11.4 Å². The van der Waals surface area contributed by atoms with E-state index >= 15 is 0 Å². The molecule has 1 amide bonds. The first-order chi connectivity index (χ1) is 10.2. The Balaban J connectivity index is 2.12. The van der Waals surface area contributed by atoms with Crippen LogP contribution in [0.4, 0.5) is 10.1 Å². The van der Waals surface area contributed by atoms with E-state index in [1.165, 1.54) is 12.1 Å². The molecule has 0 saturated heterocycles. The second-order valence-corrected chi connectivity index (χ2v) is 5.04. The fraction of sp³-hybridized carbons (Fsp3) is 0.278. The van der Waals surface area contributed by atoms with Crippen LogP contribution in [0.1, 0.15) is 25.3 Å². The van der Waals surface area contributed by atoms with Crippen LogP contribution < -0.4 is 4.90 Å². The zero-order valence-electron chi connectivity index (χ0n) is 12.3. The average Bonchev–Trinajstić information content (AvgIpc) is 2.51. The Labute approximate surface area is 125 Å². The number of nitrogens with zero attached hydrogens (tertiary/aromatic N) is 1. The lowest BCUT2D eigenvalue weighted by molar-refractivity contribution is -0.118. The van der Waals surface area contributed by atoms with Gasteiger partial charge in [-0.25, -0.2) is 4.39 Å². The van der Waals surface area contributed by atoms with Crippen LogP contribution in [-0.4, -0.2) is 12.5 Å². The van der Waals surface area contributed by atoms with Gasteiger partial charge in [0.25, 0.3) is 0 Å². The summed E-state index contributed by atoms with van der Waals surface area (Å²) >= 11 is 0. The minimum atomic E-state index is -0.280. The molecule has 2 aromatic rings. The Morgan fingerprint density at radius 3 is 2.33 bits per heavy atom. The van der Waals surface area contributed by atoms with Crippen molar-refractivity contribution in [1.29, 1.82) is 0 Å². The number of benzene rings is 2. The van der Waals surface area contributed by atoms with E-state index in [4.69, 9.17) is 0 Å².